The quantitative estimate of drug-likeness (QED) is 0.120. The number of hydrogen-bond acceptors (Lipinski definition) is 13. The third kappa shape index (κ3) is 12.4. The third-order valence-electron chi connectivity index (χ3n) is 14.9. The predicted octanol–water partition coefficient (Wildman–Crippen LogP) is 8.04. The molecule has 71 heavy (non-hydrogen) atoms. The average Bonchev–Trinajstić information content (AvgIpc) is 4.04. The van der Waals surface area contributed by atoms with E-state index in [1.807, 2.05) is 35.4 Å². The molecule has 0 spiro atoms. The van der Waals surface area contributed by atoms with Gasteiger partial charge in [0.05, 0.1) is 69.7 Å². The Kier molecular flexibility index (Phi) is 19.0. The van der Waals surface area contributed by atoms with Crippen molar-refractivity contribution in [1.29, 1.82) is 0 Å². The van der Waals surface area contributed by atoms with Crippen LogP contribution in [0.15, 0.2) is 58.3 Å². The minimum absolute atomic E-state index is 0.0393. The van der Waals surface area contributed by atoms with Gasteiger partial charge >= 0.3 is 0 Å². The van der Waals surface area contributed by atoms with Crippen LogP contribution in [0.5, 0.6) is 0 Å². The molecule has 2 aromatic carbocycles. The Hall–Kier alpha value is -3.78. The number of nitrogens with zero attached hydrogens (tertiary/aromatic N) is 8. The first-order valence-corrected chi connectivity index (χ1v) is 28.5. The lowest BCUT2D eigenvalue weighted by atomic mass is 9.95. The number of thioether (sulfide) groups is 2. The molecule has 0 aliphatic carbocycles. The number of amides is 2. The number of carbonyl (C=O) groups excluding carboxylic acids is 2. The van der Waals surface area contributed by atoms with Crippen molar-refractivity contribution in [3.8, 4) is 22.5 Å². The molecule has 0 N–H and O–H groups in total. The Labute approximate surface area is 429 Å². The molecule has 0 radical (unpaired) electrons. The van der Waals surface area contributed by atoms with E-state index >= 15 is 0 Å². The minimum atomic E-state index is 0.0393. The van der Waals surface area contributed by atoms with Gasteiger partial charge in [0.1, 0.15) is 0 Å². The summed E-state index contributed by atoms with van der Waals surface area (Å²) >= 11 is 3.63. The van der Waals surface area contributed by atoms with Crippen LogP contribution in [0.1, 0.15) is 103 Å². The van der Waals surface area contributed by atoms with Gasteiger partial charge in [-0.05, 0) is 82.6 Å². The van der Waals surface area contributed by atoms with Crippen LogP contribution >= 0.6 is 23.5 Å². The molecule has 2 atom stereocenters. The molecule has 386 valence electrons. The largest absolute Gasteiger partial charge is 0.382 e. The number of hydrogen-bond donors (Lipinski definition) is 0. The van der Waals surface area contributed by atoms with E-state index in [2.05, 4.69) is 67.7 Å². The Morgan fingerprint density at radius 2 is 1.08 bits per heavy atom. The second-order valence-electron chi connectivity index (χ2n) is 19.3. The predicted molar refractivity (Wildman–Crippen MR) is 280 cm³/mol. The van der Waals surface area contributed by atoms with Gasteiger partial charge in [0.2, 0.25) is 0 Å². The van der Waals surface area contributed by atoms with Crippen LogP contribution in [-0.4, -0.2) is 183 Å². The van der Waals surface area contributed by atoms with E-state index in [1.54, 1.807) is 18.9 Å². The van der Waals surface area contributed by atoms with Crippen LogP contribution in [0.25, 0.3) is 22.5 Å². The first kappa shape index (κ1) is 52.1. The fraction of sp³-hybridized carbons (Fsp3) is 0.630. The summed E-state index contributed by atoms with van der Waals surface area (Å²) < 4.78 is 31.7. The number of likely N-dealkylation sites (tertiary alicyclic amines) is 2. The molecule has 11 rings (SSSR count). The highest BCUT2D eigenvalue weighted by molar-refractivity contribution is 7.99. The Balaban J connectivity index is 0.000000170. The lowest BCUT2D eigenvalue weighted by Gasteiger charge is -2.35. The van der Waals surface area contributed by atoms with Crippen molar-refractivity contribution in [2.24, 2.45) is 5.92 Å². The van der Waals surface area contributed by atoms with Gasteiger partial charge in [-0.3, -0.25) is 23.9 Å². The van der Waals surface area contributed by atoms with Gasteiger partial charge in [-0.15, -0.1) is 23.5 Å². The summed E-state index contributed by atoms with van der Waals surface area (Å²) in [7, 11) is 1.69. The molecule has 9 heterocycles. The summed E-state index contributed by atoms with van der Waals surface area (Å²) in [4.78, 5) is 38.6. The van der Waals surface area contributed by atoms with Gasteiger partial charge < -0.3 is 38.4 Å². The van der Waals surface area contributed by atoms with E-state index in [0.29, 0.717) is 89.9 Å². The van der Waals surface area contributed by atoms with Crippen molar-refractivity contribution in [3.05, 3.63) is 71.0 Å². The second kappa shape index (κ2) is 25.9. The van der Waals surface area contributed by atoms with Crippen molar-refractivity contribution < 1.29 is 33.3 Å². The molecule has 7 aliphatic rings. The second-order valence-corrected chi connectivity index (χ2v) is 21.3. The summed E-state index contributed by atoms with van der Waals surface area (Å²) in [5, 5.41) is 10.1. The molecule has 5 fully saturated rings. The molecule has 0 bridgehead atoms. The Morgan fingerprint density at radius 1 is 0.606 bits per heavy atom. The maximum atomic E-state index is 13.6. The summed E-state index contributed by atoms with van der Waals surface area (Å²) in [5.74, 6) is 2.48. The van der Waals surface area contributed by atoms with Crippen LogP contribution < -0.4 is 0 Å². The van der Waals surface area contributed by atoms with Crippen LogP contribution in [-0.2, 0) is 35.2 Å². The number of morpholine rings is 2. The number of piperidine rings is 2. The lowest BCUT2D eigenvalue weighted by Crippen LogP contribution is -2.41. The fourth-order valence-electron chi connectivity index (χ4n) is 11.1. The molecule has 4 aromatic rings. The van der Waals surface area contributed by atoms with Crippen LogP contribution in [0.3, 0.4) is 0 Å². The van der Waals surface area contributed by atoms with Crippen LogP contribution in [0, 0.1) is 5.92 Å². The number of fused-ring (bicyclic) bond motifs is 6. The molecule has 2 unspecified atom stereocenters. The highest BCUT2D eigenvalue weighted by Crippen LogP contribution is 2.46. The lowest BCUT2D eigenvalue weighted by molar-refractivity contribution is 0.0295. The smallest absolute Gasteiger partial charge is 0.274 e. The molecule has 17 heteroatoms. The van der Waals surface area contributed by atoms with E-state index in [-0.39, 0.29) is 17.9 Å². The van der Waals surface area contributed by atoms with Crippen LogP contribution in [0.4, 0.5) is 0 Å². The number of rotatable bonds is 13. The van der Waals surface area contributed by atoms with Gasteiger partial charge in [-0.2, -0.15) is 10.2 Å². The normalized spacial score (nSPS) is 21.7. The van der Waals surface area contributed by atoms with E-state index in [0.717, 1.165) is 106 Å². The summed E-state index contributed by atoms with van der Waals surface area (Å²) in [6.07, 6.45) is 8.12. The fourth-order valence-corrected chi connectivity index (χ4v) is 13.2. The summed E-state index contributed by atoms with van der Waals surface area (Å²) in [6, 6.07) is 17.7. The maximum Gasteiger partial charge on any atom is 0.274 e. The van der Waals surface area contributed by atoms with Gasteiger partial charge in [-0.1, -0.05) is 50.2 Å². The molecule has 0 saturated carbocycles. The summed E-state index contributed by atoms with van der Waals surface area (Å²) in [5.41, 5.74) is 8.21. The average molecular weight is 1010 g/mol. The topological polar surface area (TPSA) is 129 Å². The van der Waals surface area contributed by atoms with Crippen molar-refractivity contribution in [2.45, 2.75) is 92.2 Å². The van der Waals surface area contributed by atoms with E-state index in [1.165, 1.54) is 52.3 Å². The highest BCUT2D eigenvalue weighted by Gasteiger charge is 2.37. The Morgan fingerprint density at radius 3 is 1.59 bits per heavy atom. The van der Waals surface area contributed by atoms with Gasteiger partial charge in [0.25, 0.3) is 11.8 Å². The van der Waals surface area contributed by atoms with E-state index in [9.17, 15) is 9.59 Å². The van der Waals surface area contributed by atoms with E-state index < -0.39 is 0 Å². The van der Waals surface area contributed by atoms with Crippen LogP contribution in [0.2, 0.25) is 0 Å². The minimum Gasteiger partial charge on any atom is -0.382 e. The van der Waals surface area contributed by atoms with Gasteiger partial charge in [-0.25, -0.2) is 0 Å². The zero-order valence-electron chi connectivity index (χ0n) is 42.4. The zero-order chi connectivity index (χ0) is 48.9. The first-order chi connectivity index (χ1) is 35.0. The number of benzene rings is 2. The van der Waals surface area contributed by atoms with Gasteiger partial charge in [0.15, 0.2) is 11.4 Å². The Bertz CT molecular complexity index is 2360. The SMILES string of the molecule is CC.COCCOCCN1CCCC(n2nc(C(=O)N3CCOCC3)c3c2-c2ccccc2SC3)C1.O=C(c1nn(C2CCCN(CCC3CCOCC3)C2)c2c1CSc1ccccc1-2)N1CCOCC1. The molecule has 2 amide bonds. The molecular formula is C54H76N8O7S2. The highest BCUT2D eigenvalue weighted by atomic mass is 32.2. The molecule has 5 saturated heterocycles. The zero-order valence-corrected chi connectivity index (χ0v) is 44.0. The molecule has 15 nitrogen and oxygen atoms in total. The van der Waals surface area contributed by atoms with Gasteiger partial charge in [0, 0.05) is 110 Å². The molecular weight excluding hydrogens is 937 g/mol. The molecule has 7 aliphatic heterocycles. The maximum absolute atomic E-state index is 13.6. The molecule has 2 aromatic heterocycles. The summed E-state index contributed by atoms with van der Waals surface area (Å²) in [6.45, 7) is 19.0. The number of methoxy groups -OCH3 is 1. The van der Waals surface area contributed by atoms with Crippen molar-refractivity contribution in [1.82, 2.24) is 39.2 Å². The number of carbonyl (C=O) groups is 2. The third-order valence-corrected chi connectivity index (χ3v) is 17.1. The van der Waals surface area contributed by atoms with Crippen molar-refractivity contribution in [2.75, 3.05) is 132 Å². The number of ether oxygens (including phenoxy) is 5. The monoisotopic (exact) mass is 1010 g/mol. The van der Waals surface area contributed by atoms with E-state index in [4.69, 9.17) is 33.9 Å². The van der Waals surface area contributed by atoms with Crippen molar-refractivity contribution >= 4 is 35.3 Å². The standard InChI is InChI=1S/C27H36N4O3S.C25H34N4O4S.C2H6/c32-27(30-12-16-34-17-13-30)25-23-19-35-24-6-2-1-5-22(24)26(23)31(28-25)21-4-3-10-29(18-21)11-7-20-8-14-33-15-9-20;1-31-15-16-33-12-9-27-8-4-5-19(17-27)29-24-20-6-2-3-7-22(20)34-18-21(24)23(26-29)25(30)28-10-13-32-14-11-28;1-2/h1-2,5-6,20-21H,3-4,7-19H2;2-3,6-7,19H,4-5,8-18H2,1H3;1-2H3. The number of aromatic nitrogens is 4. The van der Waals surface area contributed by atoms with Crippen molar-refractivity contribution in [3.63, 3.8) is 0 Å². The first-order valence-electron chi connectivity index (χ1n) is 26.5.